The van der Waals surface area contributed by atoms with E-state index < -0.39 is 10.0 Å². The molecule has 0 radical (unpaired) electrons. The average Bonchev–Trinajstić information content (AvgIpc) is 3.22. The lowest BCUT2D eigenvalue weighted by Gasteiger charge is -2.34. The van der Waals surface area contributed by atoms with Crippen LogP contribution in [0.2, 0.25) is 5.02 Å². The summed E-state index contributed by atoms with van der Waals surface area (Å²) in [6.07, 6.45) is 3.86. The zero-order chi connectivity index (χ0) is 19.7. The van der Waals surface area contributed by atoms with Crippen LogP contribution in [0.25, 0.3) is 5.82 Å². The summed E-state index contributed by atoms with van der Waals surface area (Å²) < 4.78 is 29.2. The number of piperazine rings is 1. The molecule has 9 heteroatoms. The molecular formula is C19H20ClN5O2S. The Balaban J connectivity index is 1.52. The molecule has 0 amide bonds. The number of hydrogen-bond donors (Lipinski definition) is 0. The molecule has 2 aromatic heterocycles. The third-order valence-electron chi connectivity index (χ3n) is 4.68. The quantitative estimate of drug-likeness (QED) is 0.652. The van der Waals surface area contributed by atoms with Crippen LogP contribution < -0.4 is 4.90 Å². The molecular weight excluding hydrogens is 398 g/mol. The number of halogens is 1. The molecule has 1 aliphatic heterocycles. The van der Waals surface area contributed by atoms with Gasteiger partial charge in [-0.3, -0.25) is 0 Å². The van der Waals surface area contributed by atoms with Crippen molar-refractivity contribution in [3.8, 4) is 5.82 Å². The van der Waals surface area contributed by atoms with Crippen LogP contribution in [-0.2, 0) is 10.0 Å². The van der Waals surface area contributed by atoms with E-state index in [4.69, 9.17) is 11.6 Å². The van der Waals surface area contributed by atoms with Crippen LogP contribution in [0.1, 0.15) is 5.82 Å². The first-order valence-electron chi connectivity index (χ1n) is 8.93. The number of nitrogens with zero attached hydrogens (tertiary/aromatic N) is 5. The molecule has 28 heavy (non-hydrogen) atoms. The zero-order valence-electron chi connectivity index (χ0n) is 15.4. The highest BCUT2D eigenvalue weighted by atomic mass is 35.5. The Labute approximate surface area is 169 Å². The maximum absolute atomic E-state index is 12.9. The van der Waals surface area contributed by atoms with Crippen molar-refractivity contribution < 1.29 is 8.42 Å². The third-order valence-corrected chi connectivity index (χ3v) is 6.81. The van der Waals surface area contributed by atoms with Crippen LogP contribution in [0.4, 0.5) is 5.82 Å². The fraction of sp³-hybridized carbons (Fsp3) is 0.263. The molecule has 0 bridgehead atoms. The summed E-state index contributed by atoms with van der Waals surface area (Å²) in [6.45, 7) is 3.74. The third kappa shape index (κ3) is 3.76. The molecule has 0 N–H and O–H groups in total. The van der Waals surface area contributed by atoms with Gasteiger partial charge in [0.05, 0.1) is 4.90 Å². The summed E-state index contributed by atoms with van der Waals surface area (Å²) in [5.74, 6) is 2.27. The van der Waals surface area contributed by atoms with Gasteiger partial charge in [-0.2, -0.15) is 4.31 Å². The molecule has 0 atom stereocenters. The highest BCUT2D eigenvalue weighted by Crippen LogP contribution is 2.23. The van der Waals surface area contributed by atoms with E-state index in [1.54, 1.807) is 18.2 Å². The van der Waals surface area contributed by atoms with Crippen LogP contribution in [-0.4, -0.2) is 53.4 Å². The number of anilines is 1. The molecule has 4 rings (SSSR count). The Morgan fingerprint density at radius 1 is 0.929 bits per heavy atom. The van der Waals surface area contributed by atoms with E-state index in [9.17, 15) is 8.42 Å². The number of benzene rings is 1. The minimum atomic E-state index is -3.56. The Kier molecular flexibility index (Phi) is 5.09. The van der Waals surface area contributed by atoms with E-state index in [-0.39, 0.29) is 4.90 Å². The largest absolute Gasteiger partial charge is 0.354 e. The van der Waals surface area contributed by atoms with Crippen molar-refractivity contribution in [2.75, 3.05) is 31.1 Å². The minimum Gasteiger partial charge on any atom is -0.354 e. The van der Waals surface area contributed by atoms with Crippen molar-refractivity contribution in [2.45, 2.75) is 11.8 Å². The number of aryl methyl sites for hydroxylation is 1. The van der Waals surface area contributed by atoms with Crippen LogP contribution in [0.3, 0.4) is 0 Å². The van der Waals surface area contributed by atoms with Crippen molar-refractivity contribution in [3.63, 3.8) is 0 Å². The van der Waals surface area contributed by atoms with Gasteiger partial charge >= 0.3 is 0 Å². The monoisotopic (exact) mass is 417 g/mol. The normalized spacial score (nSPS) is 15.7. The van der Waals surface area contributed by atoms with E-state index in [0.29, 0.717) is 37.0 Å². The number of rotatable bonds is 4. The van der Waals surface area contributed by atoms with E-state index >= 15 is 0 Å². The summed E-state index contributed by atoms with van der Waals surface area (Å²) >= 11 is 5.96. The van der Waals surface area contributed by atoms with Crippen LogP contribution in [0.15, 0.2) is 59.8 Å². The highest BCUT2D eigenvalue weighted by Gasteiger charge is 2.29. The number of sulfonamides is 1. The Bertz CT molecular complexity index is 1080. The van der Waals surface area contributed by atoms with Gasteiger partial charge in [0.25, 0.3) is 0 Å². The van der Waals surface area contributed by atoms with Crippen molar-refractivity contribution in [2.24, 2.45) is 0 Å². The fourth-order valence-corrected chi connectivity index (χ4v) is 4.98. The molecule has 0 saturated carbocycles. The van der Waals surface area contributed by atoms with Crippen LogP contribution >= 0.6 is 11.6 Å². The summed E-state index contributed by atoms with van der Waals surface area (Å²) in [5, 5.41) is 0.411. The fourth-order valence-electron chi connectivity index (χ4n) is 3.25. The summed E-state index contributed by atoms with van der Waals surface area (Å²) in [6, 6.07) is 12.2. The number of hydrogen-bond acceptors (Lipinski definition) is 5. The summed E-state index contributed by atoms with van der Waals surface area (Å²) in [4.78, 5) is 11.3. The summed E-state index contributed by atoms with van der Waals surface area (Å²) in [5.41, 5.74) is 0. The second-order valence-electron chi connectivity index (χ2n) is 6.57. The molecule has 0 spiro atoms. The van der Waals surface area contributed by atoms with Gasteiger partial charge in [0, 0.05) is 49.7 Å². The van der Waals surface area contributed by atoms with Gasteiger partial charge in [0.2, 0.25) is 10.0 Å². The van der Waals surface area contributed by atoms with E-state index in [2.05, 4.69) is 14.9 Å². The van der Waals surface area contributed by atoms with Gasteiger partial charge in [-0.15, -0.1) is 0 Å². The van der Waals surface area contributed by atoms with Crippen LogP contribution in [0.5, 0.6) is 0 Å². The maximum atomic E-state index is 12.9. The Morgan fingerprint density at radius 2 is 1.61 bits per heavy atom. The predicted molar refractivity (Wildman–Crippen MR) is 109 cm³/mol. The standard InChI is InChI=1S/C19H20ClN5O2S/c1-15-21-18(23-7-2-3-8-23)14-19(22-15)24-9-11-25(12-10-24)28(26,27)17-6-4-5-16(20)13-17/h2-8,13-14H,9-12H2,1H3. The first-order valence-corrected chi connectivity index (χ1v) is 10.7. The molecule has 7 nitrogen and oxygen atoms in total. The first kappa shape index (κ1) is 18.9. The minimum absolute atomic E-state index is 0.223. The van der Waals surface area contributed by atoms with Crippen molar-refractivity contribution in [3.05, 3.63) is 65.7 Å². The maximum Gasteiger partial charge on any atom is 0.243 e. The SMILES string of the molecule is Cc1nc(N2CCN(S(=O)(=O)c3cccc(Cl)c3)CC2)cc(-n2cccc2)n1. The lowest BCUT2D eigenvalue weighted by Crippen LogP contribution is -2.49. The Morgan fingerprint density at radius 3 is 2.29 bits per heavy atom. The molecule has 3 aromatic rings. The molecule has 0 aliphatic carbocycles. The second kappa shape index (κ2) is 7.54. The van der Waals surface area contributed by atoms with E-state index in [1.807, 2.05) is 42.1 Å². The zero-order valence-corrected chi connectivity index (χ0v) is 16.9. The molecule has 1 fully saturated rings. The summed E-state index contributed by atoms with van der Waals surface area (Å²) in [7, 11) is -3.56. The number of aromatic nitrogens is 3. The molecule has 1 aliphatic rings. The van der Waals surface area contributed by atoms with Gasteiger partial charge in [-0.05, 0) is 37.3 Å². The molecule has 1 aromatic carbocycles. The van der Waals surface area contributed by atoms with E-state index in [1.165, 1.54) is 10.4 Å². The van der Waals surface area contributed by atoms with Gasteiger partial charge in [0.15, 0.2) is 0 Å². The first-order chi connectivity index (χ1) is 13.4. The highest BCUT2D eigenvalue weighted by molar-refractivity contribution is 7.89. The van der Waals surface area contributed by atoms with Crippen molar-refractivity contribution >= 4 is 27.4 Å². The van der Waals surface area contributed by atoms with E-state index in [0.717, 1.165) is 11.6 Å². The van der Waals surface area contributed by atoms with Gasteiger partial charge in [-0.25, -0.2) is 18.4 Å². The lowest BCUT2D eigenvalue weighted by molar-refractivity contribution is 0.383. The smallest absolute Gasteiger partial charge is 0.243 e. The lowest BCUT2D eigenvalue weighted by atomic mass is 10.3. The van der Waals surface area contributed by atoms with Crippen molar-refractivity contribution in [1.29, 1.82) is 0 Å². The van der Waals surface area contributed by atoms with Gasteiger partial charge in [0.1, 0.15) is 17.5 Å². The second-order valence-corrected chi connectivity index (χ2v) is 8.94. The molecule has 1 saturated heterocycles. The average molecular weight is 418 g/mol. The van der Waals surface area contributed by atoms with Gasteiger partial charge in [-0.1, -0.05) is 17.7 Å². The Hall–Kier alpha value is -2.42. The van der Waals surface area contributed by atoms with Crippen molar-refractivity contribution in [1.82, 2.24) is 18.8 Å². The van der Waals surface area contributed by atoms with Crippen LogP contribution in [0, 0.1) is 6.92 Å². The molecule has 3 heterocycles. The molecule has 0 unspecified atom stereocenters. The topological polar surface area (TPSA) is 71.3 Å². The predicted octanol–water partition coefficient (Wildman–Crippen LogP) is 2.74. The molecule has 146 valence electrons. The van der Waals surface area contributed by atoms with Gasteiger partial charge < -0.3 is 9.47 Å².